The van der Waals surface area contributed by atoms with Crippen LogP contribution >= 0.6 is 24.0 Å². The van der Waals surface area contributed by atoms with Gasteiger partial charge in [0, 0.05) is 39.5 Å². The summed E-state index contributed by atoms with van der Waals surface area (Å²) in [5.74, 6) is 0.203. The van der Waals surface area contributed by atoms with Crippen molar-refractivity contribution < 1.29 is 19.0 Å². The lowest BCUT2D eigenvalue weighted by atomic mass is 9.96. The second-order valence-corrected chi connectivity index (χ2v) is 7.89. The number of hydrogen-bond donors (Lipinski definition) is 2. The Bertz CT molecular complexity index is 520. The molecule has 0 bridgehead atoms. The first-order valence-electron chi connectivity index (χ1n) is 10.2. The van der Waals surface area contributed by atoms with Gasteiger partial charge in [-0.2, -0.15) is 0 Å². The van der Waals surface area contributed by atoms with Crippen molar-refractivity contribution in [3.8, 4) is 0 Å². The highest BCUT2D eigenvalue weighted by molar-refractivity contribution is 14.0. The van der Waals surface area contributed by atoms with Crippen molar-refractivity contribution in [3.05, 3.63) is 0 Å². The summed E-state index contributed by atoms with van der Waals surface area (Å²) in [7, 11) is 3.49. The third kappa shape index (κ3) is 7.00. The molecule has 162 valence electrons. The highest BCUT2D eigenvalue weighted by atomic mass is 127. The van der Waals surface area contributed by atoms with E-state index in [0.29, 0.717) is 38.4 Å². The van der Waals surface area contributed by atoms with Gasteiger partial charge in [-0.25, -0.2) is 4.99 Å². The molecule has 2 heterocycles. The molecular weight excluding hydrogens is 475 g/mol. The molecule has 3 aliphatic rings. The predicted molar refractivity (Wildman–Crippen MR) is 118 cm³/mol. The molecule has 1 saturated carbocycles. The van der Waals surface area contributed by atoms with Crippen molar-refractivity contribution in [2.75, 3.05) is 47.0 Å². The summed E-state index contributed by atoms with van der Waals surface area (Å²) < 4.78 is 17.5. The minimum Gasteiger partial charge on any atom is -0.381 e. The van der Waals surface area contributed by atoms with Gasteiger partial charge in [0.1, 0.15) is 12.6 Å². The van der Waals surface area contributed by atoms with Gasteiger partial charge >= 0.3 is 0 Å². The first kappa shape index (κ1) is 23.6. The van der Waals surface area contributed by atoms with E-state index in [4.69, 9.17) is 14.2 Å². The van der Waals surface area contributed by atoms with Crippen molar-refractivity contribution in [2.24, 2.45) is 4.99 Å². The molecule has 2 N–H and O–H groups in total. The van der Waals surface area contributed by atoms with E-state index in [1.54, 1.807) is 19.0 Å². The van der Waals surface area contributed by atoms with Gasteiger partial charge in [0.15, 0.2) is 11.7 Å². The van der Waals surface area contributed by atoms with Crippen LogP contribution in [0.2, 0.25) is 0 Å². The molecule has 2 saturated heterocycles. The van der Waals surface area contributed by atoms with Crippen LogP contribution in [0.5, 0.6) is 0 Å². The number of nitrogens with one attached hydrogen (secondary N) is 2. The first-order chi connectivity index (χ1) is 13.1. The lowest BCUT2D eigenvalue weighted by Gasteiger charge is -2.31. The fraction of sp³-hybridized carbons (Fsp3) is 0.895. The molecule has 1 atom stereocenters. The zero-order chi connectivity index (χ0) is 19.1. The van der Waals surface area contributed by atoms with Crippen LogP contribution in [-0.4, -0.2) is 81.7 Å². The number of aliphatic imine (C=N–C) groups is 1. The van der Waals surface area contributed by atoms with Crippen LogP contribution in [0.15, 0.2) is 4.99 Å². The van der Waals surface area contributed by atoms with E-state index in [0.717, 1.165) is 25.7 Å². The molecular formula is C19H35IN4O4. The number of carbonyl (C=O) groups excluding carboxylic acids is 1. The monoisotopic (exact) mass is 510 g/mol. The molecule has 1 spiro atoms. The molecule has 1 aliphatic carbocycles. The van der Waals surface area contributed by atoms with E-state index in [2.05, 4.69) is 15.6 Å². The molecule has 9 heteroatoms. The Morgan fingerprint density at radius 1 is 1.18 bits per heavy atom. The molecule has 0 aromatic rings. The normalized spacial score (nSPS) is 25.2. The van der Waals surface area contributed by atoms with Crippen LogP contribution in [0.4, 0.5) is 0 Å². The van der Waals surface area contributed by atoms with Crippen LogP contribution < -0.4 is 10.6 Å². The van der Waals surface area contributed by atoms with Crippen molar-refractivity contribution in [3.63, 3.8) is 0 Å². The number of rotatable bonds is 5. The summed E-state index contributed by atoms with van der Waals surface area (Å²) in [6.07, 6.45) is 7.62. The molecule has 1 unspecified atom stereocenters. The Morgan fingerprint density at radius 2 is 1.89 bits per heavy atom. The first-order valence-corrected chi connectivity index (χ1v) is 10.2. The average molecular weight is 510 g/mol. The molecule has 3 fully saturated rings. The third-order valence-corrected chi connectivity index (χ3v) is 5.48. The van der Waals surface area contributed by atoms with Gasteiger partial charge < -0.3 is 29.7 Å². The summed E-state index contributed by atoms with van der Waals surface area (Å²) >= 11 is 0. The largest absolute Gasteiger partial charge is 0.381 e. The zero-order valence-electron chi connectivity index (χ0n) is 17.1. The van der Waals surface area contributed by atoms with Gasteiger partial charge in [0.05, 0.1) is 19.8 Å². The fourth-order valence-corrected chi connectivity index (χ4v) is 3.75. The van der Waals surface area contributed by atoms with Gasteiger partial charge in [-0.05, 0) is 12.8 Å². The molecule has 8 nitrogen and oxygen atoms in total. The van der Waals surface area contributed by atoms with E-state index < -0.39 is 5.79 Å². The number of carbonyl (C=O) groups is 1. The van der Waals surface area contributed by atoms with Crippen molar-refractivity contribution in [2.45, 2.75) is 62.9 Å². The molecule has 2 aliphatic heterocycles. The number of amides is 1. The zero-order valence-corrected chi connectivity index (χ0v) is 19.4. The second kappa shape index (κ2) is 11.5. The van der Waals surface area contributed by atoms with E-state index in [1.807, 2.05) is 0 Å². The summed E-state index contributed by atoms with van der Waals surface area (Å²) in [4.78, 5) is 18.0. The Kier molecular flexibility index (Phi) is 9.72. The Labute approximate surface area is 185 Å². The molecule has 1 amide bonds. The predicted octanol–water partition coefficient (Wildman–Crippen LogP) is 1.48. The molecule has 0 radical (unpaired) electrons. The highest BCUT2D eigenvalue weighted by Crippen LogP contribution is 2.32. The third-order valence-electron chi connectivity index (χ3n) is 5.48. The smallest absolute Gasteiger partial charge is 0.243 e. The van der Waals surface area contributed by atoms with Gasteiger partial charge in [-0.3, -0.25) is 4.79 Å². The number of hydrogen-bond acceptors (Lipinski definition) is 5. The Morgan fingerprint density at radius 3 is 2.57 bits per heavy atom. The maximum absolute atomic E-state index is 11.9. The molecule has 0 aromatic carbocycles. The highest BCUT2D eigenvalue weighted by Gasteiger charge is 2.42. The number of guanidine groups is 1. The van der Waals surface area contributed by atoms with Gasteiger partial charge in [-0.15, -0.1) is 24.0 Å². The van der Waals surface area contributed by atoms with Crippen LogP contribution in [0.1, 0.15) is 44.9 Å². The van der Waals surface area contributed by atoms with E-state index in [9.17, 15) is 4.79 Å². The standard InChI is InChI=1S/C19H34N4O4.HI/c1-23(2)17(24)13-21-18(22-15-6-4-3-5-7-15)20-12-16-14-26-19(27-16)8-10-25-11-9-19;/h15-16H,3-14H2,1-2H3,(H2,20,21,22);1H. The van der Waals surface area contributed by atoms with Crippen LogP contribution in [0, 0.1) is 0 Å². The lowest BCUT2D eigenvalue weighted by molar-refractivity contribution is -0.210. The summed E-state index contributed by atoms with van der Waals surface area (Å²) in [6, 6.07) is 0.419. The quantitative estimate of drug-likeness (QED) is 0.331. The Balaban J connectivity index is 0.00000280. The van der Waals surface area contributed by atoms with E-state index in [1.165, 1.54) is 19.3 Å². The van der Waals surface area contributed by atoms with Gasteiger partial charge in [-0.1, -0.05) is 19.3 Å². The number of nitrogens with zero attached hydrogens (tertiary/aromatic N) is 2. The number of halogens is 1. The fourth-order valence-electron chi connectivity index (χ4n) is 3.75. The van der Waals surface area contributed by atoms with Gasteiger partial charge in [0.2, 0.25) is 5.91 Å². The van der Waals surface area contributed by atoms with Crippen LogP contribution in [-0.2, 0) is 19.0 Å². The SMILES string of the molecule is CN(C)C(=O)CN=C(NCC1COC2(CCOCC2)O1)NC1CCCCC1.I. The van der Waals surface area contributed by atoms with Crippen LogP contribution in [0.25, 0.3) is 0 Å². The molecule has 3 rings (SSSR count). The van der Waals surface area contributed by atoms with Crippen molar-refractivity contribution in [1.82, 2.24) is 15.5 Å². The van der Waals surface area contributed by atoms with Crippen molar-refractivity contribution >= 4 is 35.8 Å². The lowest BCUT2D eigenvalue weighted by Crippen LogP contribution is -2.47. The second-order valence-electron chi connectivity index (χ2n) is 7.89. The average Bonchev–Trinajstić information content (AvgIpc) is 3.07. The minimum absolute atomic E-state index is 0. The van der Waals surface area contributed by atoms with Crippen molar-refractivity contribution in [1.29, 1.82) is 0 Å². The van der Waals surface area contributed by atoms with E-state index in [-0.39, 0.29) is 42.5 Å². The van der Waals surface area contributed by atoms with E-state index >= 15 is 0 Å². The summed E-state index contributed by atoms with van der Waals surface area (Å²) in [5.41, 5.74) is 0. The Hall–Kier alpha value is -0.650. The van der Waals surface area contributed by atoms with Crippen LogP contribution in [0.3, 0.4) is 0 Å². The summed E-state index contributed by atoms with van der Waals surface area (Å²) in [6.45, 7) is 2.68. The molecule has 28 heavy (non-hydrogen) atoms. The number of ether oxygens (including phenoxy) is 3. The molecule has 0 aromatic heterocycles. The number of likely N-dealkylation sites (N-methyl/N-ethyl adjacent to an activating group) is 1. The minimum atomic E-state index is -0.473. The van der Waals surface area contributed by atoms with Gasteiger partial charge in [0.25, 0.3) is 0 Å². The maximum Gasteiger partial charge on any atom is 0.243 e. The maximum atomic E-state index is 11.9. The summed E-state index contributed by atoms with van der Waals surface area (Å²) in [5, 5.41) is 6.85. The topological polar surface area (TPSA) is 84.4 Å².